The van der Waals surface area contributed by atoms with E-state index in [1.165, 1.54) is 7.11 Å². The van der Waals surface area contributed by atoms with E-state index in [-0.39, 0.29) is 19.1 Å². The minimum absolute atomic E-state index is 0.0278. The van der Waals surface area contributed by atoms with Gasteiger partial charge in [0.05, 0.1) is 13.7 Å². The summed E-state index contributed by atoms with van der Waals surface area (Å²) < 4.78 is 4.44. The summed E-state index contributed by atoms with van der Waals surface area (Å²) in [5.74, 6) is 4.91. The summed E-state index contributed by atoms with van der Waals surface area (Å²) in [5, 5.41) is 11.1. The molecule has 0 unspecified atom stereocenters. The van der Waals surface area contributed by atoms with Crippen molar-refractivity contribution in [3.63, 3.8) is 0 Å². The fraction of sp³-hybridized carbons (Fsp3) is 0.333. The Morgan fingerprint density at radius 2 is 2.15 bits per heavy atom. The standard InChI is InChI=1S/C15H17NO4/c1-11-9-13(15(19)16-10-14(18)20-2)7-6-12(11)5-3-4-8-17/h6-7,9,17H,4,8,10H2,1-2H3,(H,16,19). The first-order valence-electron chi connectivity index (χ1n) is 6.14. The number of ether oxygens (including phenoxy) is 1. The Bertz CT molecular complexity index is 555. The Kier molecular flexibility index (Phi) is 6.27. The Balaban J connectivity index is 2.74. The first kappa shape index (κ1) is 15.7. The average Bonchev–Trinajstić information content (AvgIpc) is 2.46. The number of esters is 1. The molecular weight excluding hydrogens is 258 g/mol. The van der Waals surface area contributed by atoms with Gasteiger partial charge in [-0.15, -0.1) is 0 Å². The van der Waals surface area contributed by atoms with Gasteiger partial charge < -0.3 is 15.2 Å². The van der Waals surface area contributed by atoms with Crippen LogP contribution < -0.4 is 5.32 Å². The molecule has 0 aliphatic carbocycles. The van der Waals surface area contributed by atoms with E-state index >= 15 is 0 Å². The molecule has 0 spiro atoms. The second kappa shape index (κ2) is 7.97. The first-order valence-corrected chi connectivity index (χ1v) is 6.14. The van der Waals surface area contributed by atoms with Gasteiger partial charge in [-0.05, 0) is 30.7 Å². The highest BCUT2D eigenvalue weighted by Gasteiger charge is 2.09. The molecular formula is C15H17NO4. The number of aliphatic hydroxyl groups is 1. The topological polar surface area (TPSA) is 75.6 Å². The number of carbonyl (C=O) groups is 2. The molecule has 0 aromatic heterocycles. The maximum absolute atomic E-state index is 11.8. The van der Waals surface area contributed by atoms with Crippen molar-refractivity contribution in [1.29, 1.82) is 0 Å². The van der Waals surface area contributed by atoms with Crippen LogP contribution in [-0.2, 0) is 9.53 Å². The third-order valence-electron chi connectivity index (χ3n) is 2.57. The maximum Gasteiger partial charge on any atom is 0.325 e. The number of benzene rings is 1. The van der Waals surface area contributed by atoms with Crippen LogP contribution in [0.5, 0.6) is 0 Å². The van der Waals surface area contributed by atoms with Gasteiger partial charge in [-0.2, -0.15) is 0 Å². The molecule has 20 heavy (non-hydrogen) atoms. The number of nitrogens with one attached hydrogen (secondary N) is 1. The number of carbonyl (C=O) groups excluding carboxylic acids is 2. The Morgan fingerprint density at radius 3 is 2.75 bits per heavy atom. The number of methoxy groups -OCH3 is 1. The predicted molar refractivity (Wildman–Crippen MR) is 74.1 cm³/mol. The fourth-order valence-corrected chi connectivity index (χ4v) is 1.49. The van der Waals surface area contributed by atoms with Crippen LogP contribution in [-0.4, -0.2) is 37.2 Å². The maximum atomic E-state index is 11.8. The van der Waals surface area contributed by atoms with Gasteiger partial charge >= 0.3 is 5.97 Å². The summed E-state index contributed by atoms with van der Waals surface area (Å²) in [6.07, 6.45) is 0.417. The van der Waals surface area contributed by atoms with Crippen LogP contribution in [0.1, 0.15) is 27.9 Å². The summed E-state index contributed by atoms with van der Waals surface area (Å²) in [5.41, 5.74) is 2.13. The largest absolute Gasteiger partial charge is 0.468 e. The van der Waals surface area contributed by atoms with E-state index in [2.05, 4.69) is 21.9 Å². The molecule has 5 nitrogen and oxygen atoms in total. The van der Waals surface area contributed by atoms with E-state index in [1.54, 1.807) is 18.2 Å². The van der Waals surface area contributed by atoms with Gasteiger partial charge in [0.25, 0.3) is 5.91 Å². The van der Waals surface area contributed by atoms with Gasteiger partial charge in [-0.25, -0.2) is 0 Å². The van der Waals surface area contributed by atoms with E-state index in [4.69, 9.17) is 5.11 Å². The Morgan fingerprint density at radius 1 is 1.40 bits per heavy atom. The highest BCUT2D eigenvalue weighted by molar-refractivity contribution is 5.96. The summed E-state index contributed by atoms with van der Waals surface area (Å²) >= 11 is 0. The lowest BCUT2D eigenvalue weighted by molar-refractivity contribution is -0.139. The number of rotatable bonds is 4. The highest BCUT2D eigenvalue weighted by atomic mass is 16.5. The zero-order valence-corrected chi connectivity index (χ0v) is 11.5. The van der Waals surface area contributed by atoms with Crippen molar-refractivity contribution >= 4 is 11.9 Å². The number of hydrogen-bond donors (Lipinski definition) is 2. The molecule has 1 aromatic carbocycles. The minimum Gasteiger partial charge on any atom is -0.468 e. The molecule has 0 aliphatic heterocycles. The number of hydrogen-bond acceptors (Lipinski definition) is 4. The highest BCUT2D eigenvalue weighted by Crippen LogP contribution is 2.10. The molecule has 1 rings (SSSR count). The SMILES string of the molecule is COC(=O)CNC(=O)c1ccc(C#CCCO)c(C)c1. The molecule has 1 aromatic rings. The molecule has 0 saturated carbocycles. The second-order valence-corrected chi connectivity index (χ2v) is 4.06. The van der Waals surface area contributed by atoms with Gasteiger partial charge in [0.2, 0.25) is 0 Å². The van der Waals surface area contributed by atoms with E-state index in [0.29, 0.717) is 12.0 Å². The second-order valence-electron chi connectivity index (χ2n) is 4.06. The third-order valence-corrected chi connectivity index (χ3v) is 2.57. The van der Waals surface area contributed by atoms with Gasteiger partial charge in [-0.3, -0.25) is 9.59 Å². The lowest BCUT2D eigenvalue weighted by Gasteiger charge is -2.06. The molecule has 1 amide bonds. The molecule has 0 atom stereocenters. The predicted octanol–water partition coefficient (Wildman–Crippen LogP) is 0.632. The molecule has 0 saturated heterocycles. The van der Waals surface area contributed by atoms with Crippen molar-refractivity contribution in [2.24, 2.45) is 0 Å². The fourth-order valence-electron chi connectivity index (χ4n) is 1.49. The van der Waals surface area contributed by atoms with Crippen molar-refractivity contribution in [1.82, 2.24) is 5.32 Å². The van der Waals surface area contributed by atoms with Crippen LogP contribution in [0.4, 0.5) is 0 Å². The van der Waals surface area contributed by atoms with Crippen LogP contribution in [0.25, 0.3) is 0 Å². The van der Waals surface area contributed by atoms with Gasteiger partial charge in [-0.1, -0.05) is 11.8 Å². The van der Waals surface area contributed by atoms with Crippen molar-refractivity contribution in [3.8, 4) is 11.8 Å². The van der Waals surface area contributed by atoms with Gasteiger partial charge in [0, 0.05) is 17.5 Å². The van der Waals surface area contributed by atoms with Gasteiger partial charge in [0.1, 0.15) is 6.54 Å². The van der Waals surface area contributed by atoms with Crippen molar-refractivity contribution in [2.45, 2.75) is 13.3 Å². The van der Waals surface area contributed by atoms with Crippen molar-refractivity contribution in [2.75, 3.05) is 20.3 Å². The van der Waals surface area contributed by atoms with Crippen LogP contribution in [0.3, 0.4) is 0 Å². The zero-order valence-electron chi connectivity index (χ0n) is 11.5. The quantitative estimate of drug-likeness (QED) is 0.624. The molecule has 5 heteroatoms. The summed E-state index contributed by atoms with van der Waals surface area (Å²) in [6, 6.07) is 5.09. The molecule has 0 fully saturated rings. The molecule has 106 valence electrons. The number of amides is 1. The lowest BCUT2D eigenvalue weighted by Crippen LogP contribution is -2.30. The molecule has 0 radical (unpaired) electrons. The smallest absolute Gasteiger partial charge is 0.325 e. The van der Waals surface area contributed by atoms with Crippen molar-refractivity contribution in [3.05, 3.63) is 34.9 Å². The van der Waals surface area contributed by atoms with Crippen LogP contribution in [0.2, 0.25) is 0 Å². The third kappa shape index (κ3) is 4.75. The van der Waals surface area contributed by atoms with Crippen LogP contribution >= 0.6 is 0 Å². The average molecular weight is 275 g/mol. The van der Waals surface area contributed by atoms with Crippen LogP contribution in [0, 0.1) is 18.8 Å². The van der Waals surface area contributed by atoms with E-state index in [0.717, 1.165) is 11.1 Å². The monoisotopic (exact) mass is 275 g/mol. The molecule has 0 aliphatic rings. The Labute approximate surface area is 117 Å². The summed E-state index contributed by atoms with van der Waals surface area (Å²) in [7, 11) is 1.26. The van der Waals surface area contributed by atoms with Crippen molar-refractivity contribution < 1.29 is 19.4 Å². The number of aryl methyl sites for hydroxylation is 1. The number of aliphatic hydroxyl groups excluding tert-OH is 1. The lowest BCUT2D eigenvalue weighted by atomic mass is 10.0. The van der Waals surface area contributed by atoms with E-state index < -0.39 is 5.97 Å². The molecule has 2 N–H and O–H groups in total. The zero-order chi connectivity index (χ0) is 15.0. The minimum atomic E-state index is -0.499. The van der Waals surface area contributed by atoms with Gasteiger partial charge in [0.15, 0.2) is 0 Å². The first-order chi connectivity index (χ1) is 9.58. The Hall–Kier alpha value is -2.32. The summed E-state index contributed by atoms with van der Waals surface area (Å²) in [4.78, 5) is 22.7. The molecule has 0 bridgehead atoms. The van der Waals surface area contributed by atoms with E-state index in [1.807, 2.05) is 6.92 Å². The molecule has 0 heterocycles. The normalized spacial score (nSPS) is 9.35. The van der Waals surface area contributed by atoms with Crippen LogP contribution in [0.15, 0.2) is 18.2 Å². The van der Waals surface area contributed by atoms with E-state index in [9.17, 15) is 9.59 Å². The summed E-state index contributed by atoms with van der Waals surface area (Å²) in [6.45, 7) is 1.71.